The highest BCUT2D eigenvalue weighted by Gasteiger charge is 2.49. The van der Waals surface area contributed by atoms with Crippen LogP contribution in [0, 0.1) is 29.1 Å². The Kier molecular flexibility index (Phi) is 4.26. The Labute approximate surface area is 96.8 Å². The van der Waals surface area contributed by atoms with E-state index < -0.39 is 0 Å². The molecule has 1 aliphatic rings. The molecule has 0 aromatic carbocycles. The summed E-state index contributed by atoms with van der Waals surface area (Å²) in [5, 5.41) is 0. The van der Waals surface area contributed by atoms with Crippen LogP contribution >= 0.6 is 0 Å². The maximum atomic E-state index is 2.49. The second-order valence-corrected chi connectivity index (χ2v) is 6.51. The van der Waals surface area contributed by atoms with Gasteiger partial charge < -0.3 is 0 Å². The average molecular weight is 210 g/mol. The molecule has 0 heteroatoms. The molecule has 0 saturated heterocycles. The summed E-state index contributed by atoms with van der Waals surface area (Å²) in [7, 11) is 0. The first kappa shape index (κ1) is 13.1. The fraction of sp³-hybridized carbons (Fsp3) is 1.00. The molecule has 1 saturated carbocycles. The zero-order valence-electron chi connectivity index (χ0n) is 11.6. The minimum atomic E-state index is 0.614. The van der Waals surface area contributed by atoms with Crippen molar-refractivity contribution in [2.75, 3.05) is 0 Å². The van der Waals surface area contributed by atoms with E-state index in [4.69, 9.17) is 0 Å². The molecule has 15 heavy (non-hydrogen) atoms. The second kappa shape index (κ2) is 4.89. The second-order valence-electron chi connectivity index (χ2n) is 6.51. The molecule has 1 fully saturated rings. The fourth-order valence-electron chi connectivity index (χ4n) is 3.94. The quantitative estimate of drug-likeness (QED) is 0.590. The first-order valence-electron chi connectivity index (χ1n) is 6.94. The van der Waals surface area contributed by atoms with Crippen molar-refractivity contribution in [2.24, 2.45) is 29.1 Å². The van der Waals surface area contributed by atoms with E-state index in [1.807, 2.05) is 0 Å². The Morgan fingerprint density at radius 3 is 2.20 bits per heavy atom. The summed E-state index contributed by atoms with van der Waals surface area (Å²) in [6.45, 7) is 14.5. The topological polar surface area (TPSA) is 0 Å². The molecular weight excluding hydrogens is 180 g/mol. The molecule has 0 amide bonds. The summed E-state index contributed by atoms with van der Waals surface area (Å²) in [4.78, 5) is 0. The van der Waals surface area contributed by atoms with Gasteiger partial charge in [-0.3, -0.25) is 0 Å². The number of hydrogen-bond donors (Lipinski definition) is 0. The molecular formula is C15H30. The van der Waals surface area contributed by atoms with Crippen LogP contribution in [0.3, 0.4) is 0 Å². The van der Waals surface area contributed by atoms with E-state index in [1.54, 1.807) is 0 Å². The number of hydrogen-bond acceptors (Lipinski definition) is 0. The lowest BCUT2D eigenvalue weighted by molar-refractivity contribution is -0.0676. The third kappa shape index (κ3) is 2.57. The molecule has 0 heterocycles. The molecule has 1 rings (SSSR count). The smallest absolute Gasteiger partial charge is 0.0306 e. The molecule has 1 aliphatic carbocycles. The van der Waals surface area contributed by atoms with Gasteiger partial charge in [0.1, 0.15) is 0 Å². The summed E-state index contributed by atoms with van der Waals surface area (Å²) in [5.41, 5.74) is 0.614. The Bertz CT molecular complexity index is 192. The highest BCUT2D eigenvalue weighted by Crippen LogP contribution is 2.57. The number of rotatable bonds is 5. The fourth-order valence-corrected chi connectivity index (χ4v) is 3.94. The molecule has 0 N–H and O–H groups in total. The lowest BCUT2D eigenvalue weighted by atomic mass is 9.49. The van der Waals surface area contributed by atoms with E-state index >= 15 is 0 Å². The molecule has 0 aliphatic heterocycles. The van der Waals surface area contributed by atoms with Crippen LogP contribution in [0.2, 0.25) is 0 Å². The van der Waals surface area contributed by atoms with Crippen molar-refractivity contribution in [3.05, 3.63) is 0 Å². The summed E-state index contributed by atoms with van der Waals surface area (Å²) < 4.78 is 0. The van der Waals surface area contributed by atoms with Gasteiger partial charge in [-0.15, -0.1) is 0 Å². The van der Waals surface area contributed by atoms with Crippen molar-refractivity contribution >= 4 is 0 Å². The maximum absolute atomic E-state index is 2.49. The Morgan fingerprint density at radius 2 is 1.80 bits per heavy atom. The van der Waals surface area contributed by atoms with Crippen molar-refractivity contribution < 1.29 is 0 Å². The summed E-state index contributed by atoms with van der Waals surface area (Å²) >= 11 is 0. The van der Waals surface area contributed by atoms with Crippen LogP contribution in [-0.2, 0) is 0 Å². The molecule has 0 spiro atoms. The molecule has 0 radical (unpaired) electrons. The predicted molar refractivity (Wildman–Crippen MR) is 68.9 cm³/mol. The molecule has 4 unspecified atom stereocenters. The van der Waals surface area contributed by atoms with Crippen molar-refractivity contribution in [1.29, 1.82) is 0 Å². The molecule has 0 aromatic heterocycles. The van der Waals surface area contributed by atoms with Crippen LogP contribution in [0.5, 0.6) is 0 Å². The van der Waals surface area contributed by atoms with Crippen LogP contribution in [0.1, 0.15) is 67.2 Å². The molecule has 0 nitrogen and oxygen atoms in total. The lowest BCUT2D eigenvalue weighted by Crippen LogP contribution is -2.48. The van der Waals surface area contributed by atoms with Crippen LogP contribution in [-0.4, -0.2) is 0 Å². The van der Waals surface area contributed by atoms with Crippen molar-refractivity contribution in [3.63, 3.8) is 0 Å². The van der Waals surface area contributed by atoms with Gasteiger partial charge in [-0.2, -0.15) is 0 Å². The average Bonchev–Trinajstić information content (AvgIpc) is 2.15. The van der Waals surface area contributed by atoms with Crippen molar-refractivity contribution in [3.8, 4) is 0 Å². The van der Waals surface area contributed by atoms with Crippen LogP contribution in [0.15, 0.2) is 0 Å². The Morgan fingerprint density at radius 1 is 1.20 bits per heavy atom. The predicted octanol–water partition coefficient (Wildman–Crippen LogP) is 5.13. The highest BCUT2D eigenvalue weighted by molar-refractivity contribution is 4.98. The minimum Gasteiger partial charge on any atom is -0.0654 e. The third-order valence-corrected chi connectivity index (χ3v) is 4.97. The Balaban J connectivity index is 2.62. The van der Waals surface area contributed by atoms with E-state index in [0.717, 1.165) is 23.7 Å². The maximum Gasteiger partial charge on any atom is -0.0306 e. The van der Waals surface area contributed by atoms with Gasteiger partial charge >= 0.3 is 0 Å². The minimum absolute atomic E-state index is 0.614. The lowest BCUT2D eigenvalue weighted by Gasteiger charge is -2.56. The largest absolute Gasteiger partial charge is 0.0654 e. The molecule has 4 atom stereocenters. The molecule has 90 valence electrons. The zero-order chi connectivity index (χ0) is 11.6. The van der Waals surface area contributed by atoms with Gasteiger partial charge in [0.25, 0.3) is 0 Å². The van der Waals surface area contributed by atoms with E-state index in [1.165, 1.54) is 25.7 Å². The van der Waals surface area contributed by atoms with Crippen LogP contribution in [0.25, 0.3) is 0 Å². The molecule has 0 bridgehead atoms. The first-order valence-corrected chi connectivity index (χ1v) is 6.94. The van der Waals surface area contributed by atoms with Gasteiger partial charge in [0.15, 0.2) is 0 Å². The molecule has 0 aromatic rings. The SMILES string of the molecule is CCCC1CC(C)(C)C1C(C)C(C)CC. The van der Waals surface area contributed by atoms with Crippen molar-refractivity contribution in [1.82, 2.24) is 0 Å². The van der Waals surface area contributed by atoms with Crippen molar-refractivity contribution in [2.45, 2.75) is 67.2 Å². The standard InChI is InChI=1S/C15H30/c1-7-9-13-10-15(5,6)14(13)12(4)11(3)8-2/h11-14H,7-10H2,1-6H3. The van der Waals surface area contributed by atoms with E-state index in [0.29, 0.717) is 5.41 Å². The van der Waals surface area contributed by atoms with Crippen LogP contribution < -0.4 is 0 Å². The zero-order valence-corrected chi connectivity index (χ0v) is 11.6. The van der Waals surface area contributed by atoms with E-state index in [2.05, 4.69) is 41.5 Å². The van der Waals surface area contributed by atoms with Gasteiger partial charge in [-0.1, -0.05) is 60.8 Å². The van der Waals surface area contributed by atoms with Gasteiger partial charge in [-0.25, -0.2) is 0 Å². The van der Waals surface area contributed by atoms with Gasteiger partial charge in [0.05, 0.1) is 0 Å². The normalized spacial score (nSPS) is 33.2. The van der Waals surface area contributed by atoms with Gasteiger partial charge in [0, 0.05) is 0 Å². The summed E-state index contributed by atoms with van der Waals surface area (Å²) in [5.74, 6) is 3.81. The summed E-state index contributed by atoms with van der Waals surface area (Å²) in [6, 6.07) is 0. The monoisotopic (exact) mass is 210 g/mol. The Hall–Kier alpha value is 0. The van der Waals surface area contributed by atoms with E-state index in [-0.39, 0.29) is 0 Å². The van der Waals surface area contributed by atoms with Crippen LogP contribution in [0.4, 0.5) is 0 Å². The summed E-state index contributed by atoms with van der Waals surface area (Å²) in [6.07, 6.45) is 5.62. The highest BCUT2D eigenvalue weighted by atomic mass is 14.5. The van der Waals surface area contributed by atoms with Gasteiger partial charge in [0.2, 0.25) is 0 Å². The van der Waals surface area contributed by atoms with Gasteiger partial charge in [-0.05, 0) is 35.5 Å². The van der Waals surface area contributed by atoms with E-state index in [9.17, 15) is 0 Å². The third-order valence-electron chi connectivity index (χ3n) is 4.97. The first-order chi connectivity index (χ1) is 6.94.